The molecule has 3 rings (SSSR count). The minimum Gasteiger partial charge on any atom is -0.258 e. The Labute approximate surface area is 125 Å². The van der Waals surface area contributed by atoms with Gasteiger partial charge in [-0.2, -0.15) is 0 Å². The van der Waals surface area contributed by atoms with Crippen LogP contribution in [0.5, 0.6) is 0 Å². The van der Waals surface area contributed by atoms with Gasteiger partial charge in [0.15, 0.2) is 5.82 Å². The molecule has 0 unspecified atom stereocenters. The molecular formula is C15H10ClN3O2. The second-order valence-electron chi connectivity index (χ2n) is 4.61. The van der Waals surface area contributed by atoms with Gasteiger partial charge in [-0.3, -0.25) is 10.1 Å². The lowest BCUT2D eigenvalue weighted by atomic mass is 10.1. The van der Waals surface area contributed by atoms with Crippen LogP contribution in [0.1, 0.15) is 5.56 Å². The van der Waals surface area contributed by atoms with Gasteiger partial charge in [0.25, 0.3) is 5.69 Å². The quantitative estimate of drug-likeness (QED) is 0.404. The van der Waals surface area contributed by atoms with Crippen molar-refractivity contribution in [2.45, 2.75) is 6.92 Å². The number of fused-ring (bicyclic) bond motifs is 1. The van der Waals surface area contributed by atoms with Gasteiger partial charge in [-0.15, -0.1) is 0 Å². The van der Waals surface area contributed by atoms with E-state index in [-0.39, 0.29) is 10.8 Å². The number of nitrogens with zero attached hydrogens (tertiary/aromatic N) is 3. The molecule has 0 aliphatic carbocycles. The standard InChI is InChI=1S/C15H10ClN3O2/c1-9-4-2-3-5-11(9)15-17-13-8-10(19(20)21)6-7-12(13)14(16)18-15/h2-8H,1H3. The molecule has 104 valence electrons. The van der Waals surface area contributed by atoms with E-state index < -0.39 is 4.92 Å². The summed E-state index contributed by atoms with van der Waals surface area (Å²) >= 11 is 6.18. The fourth-order valence-corrected chi connectivity index (χ4v) is 2.38. The van der Waals surface area contributed by atoms with Gasteiger partial charge in [-0.1, -0.05) is 35.9 Å². The average Bonchev–Trinajstić information content (AvgIpc) is 2.47. The van der Waals surface area contributed by atoms with Crippen LogP contribution < -0.4 is 0 Å². The first-order valence-corrected chi connectivity index (χ1v) is 6.62. The second kappa shape index (κ2) is 5.10. The summed E-state index contributed by atoms with van der Waals surface area (Å²) in [4.78, 5) is 19.1. The van der Waals surface area contributed by atoms with Crippen LogP contribution in [0.15, 0.2) is 42.5 Å². The zero-order valence-corrected chi connectivity index (χ0v) is 11.8. The molecule has 0 bridgehead atoms. The molecule has 5 nitrogen and oxygen atoms in total. The maximum Gasteiger partial charge on any atom is 0.271 e. The number of rotatable bonds is 2. The van der Waals surface area contributed by atoms with E-state index in [4.69, 9.17) is 11.6 Å². The summed E-state index contributed by atoms with van der Waals surface area (Å²) < 4.78 is 0. The first-order valence-electron chi connectivity index (χ1n) is 6.24. The van der Waals surface area contributed by atoms with E-state index in [0.717, 1.165) is 11.1 Å². The Morgan fingerprint density at radius 2 is 1.90 bits per heavy atom. The molecule has 1 aromatic heterocycles. The van der Waals surface area contributed by atoms with Crippen LogP contribution in [-0.2, 0) is 0 Å². The second-order valence-corrected chi connectivity index (χ2v) is 4.97. The first-order chi connectivity index (χ1) is 10.1. The number of halogens is 1. The summed E-state index contributed by atoms with van der Waals surface area (Å²) in [5.74, 6) is 0.464. The number of non-ortho nitro benzene ring substituents is 1. The highest BCUT2D eigenvalue weighted by Gasteiger charge is 2.13. The summed E-state index contributed by atoms with van der Waals surface area (Å²) in [6.45, 7) is 1.95. The molecule has 0 aliphatic heterocycles. The largest absolute Gasteiger partial charge is 0.271 e. The predicted octanol–water partition coefficient (Wildman–Crippen LogP) is 4.17. The first kappa shape index (κ1) is 13.5. The predicted molar refractivity (Wildman–Crippen MR) is 81.4 cm³/mol. The number of benzene rings is 2. The fraction of sp³-hybridized carbons (Fsp3) is 0.0667. The molecular weight excluding hydrogens is 290 g/mol. The summed E-state index contributed by atoms with van der Waals surface area (Å²) in [6.07, 6.45) is 0. The van der Waals surface area contributed by atoms with Crippen molar-refractivity contribution >= 4 is 28.2 Å². The fourth-order valence-electron chi connectivity index (χ4n) is 2.14. The van der Waals surface area contributed by atoms with Crippen molar-refractivity contribution in [2.24, 2.45) is 0 Å². The van der Waals surface area contributed by atoms with E-state index in [1.807, 2.05) is 31.2 Å². The van der Waals surface area contributed by atoms with Crippen molar-refractivity contribution in [1.82, 2.24) is 9.97 Å². The molecule has 3 aromatic rings. The summed E-state index contributed by atoms with van der Waals surface area (Å²) in [6, 6.07) is 12.0. The Morgan fingerprint density at radius 1 is 1.14 bits per heavy atom. The smallest absolute Gasteiger partial charge is 0.258 e. The zero-order chi connectivity index (χ0) is 15.0. The number of nitro benzene ring substituents is 1. The third kappa shape index (κ3) is 2.43. The SMILES string of the molecule is Cc1ccccc1-c1nc(Cl)c2ccc([N+](=O)[O-])cc2n1. The van der Waals surface area contributed by atoms with Gasteiger partial charge in [-0.05, 0) is 18.6 Å². The highest BCUT2D eigenvalue weighted by atomic mass is 35.5. The Balaban J connectivity index is 2.26. The van der Waals surface area contributed by atoms with E-state index in [2.05, 4.69) is 9.97 Å². The Morgan fingerprint density at radius 3 is 2.62 bits per heavy atom. The Hall–Kier alpha value is -2.53. The van der Waals surface area contributed by atoms with E-state index in [0.29, 0.717) is 16.7 Å². The van der Waals surface area contributed by atoms with Crippen molar-refractivity contribution in [2.75, 3.05) is 0 Å². The van der Waals surface area contributed by atoms with Crippen molar-refractivity contribution in [3.05, 3.63) is 63.3 Å². The average molecular weight is 300 g/mol. The summed E-state index contributed by atoms with van der Waals surface area (Å²) in [7, 11) is 0. The number of hydrogen-bond acceptors (Lipinski definition) is 4. The van der Waals surface area contributed by atoms with Gasteiger partial charge in [-0.25, -0.2) is 9.97 Å². The molecule has 0 atom stereocenters. The monoisotopic (exact) mass is 299 g/mol. The molecule has 0 saturated heterocycles. The molecule has 0 radical (unpaired) electrons. The van der Waals surface area contributed by atoms with Crippen molar-refractivity contribution in [3.63, 3.8) is 0 Å². The third-order valence-corrected chi connectivity index (χ3v) is 3.52. The van der Waals surface area contributed by atoms with Gasteiger partial charge < -0.3 is 0 Å². The van der Waals surface area contributed by atoms with E-state index in [9.17, 15) is 10.1 Å². The van der Waals surface area contributed by atoms with Crippen LogP contribution in [0, 0.1) is 17.0 Å². The van der Waals surface area contributed by atoms with Crippen LogP contribution in [-0.4, -0.2) is 14.9 Å². The summed E-state index contributed by atoms with van der Waals surface area (Å²) in [5.41, 5.74) is 2.31. The molecule has 0 amide bonds. The molecule has 21 heavy (non-hydrogen) atoms. The highest BCUT2D eigenvalue weighted by Crippen LogP contribution is 2.28. The Bertz CT molecular complexity index is 865. The lowest BCUT2D eigenvalue weighted by molar-refractivity contribution is -0.384. The number of nitro groups is 1. The molecule has 0 fully saturated rings. The number of hydrogen-bond donors (Lipinski definition) is 0. The number of aromatic nitrogens is 2. The molecule has 0 aliphatic rings. The van der Waals surface area contributed by atoms with Gasteiger partial charge in [0, 0.05) is 23.1 Å². The molecule has 2 aromatic carbocycles. The maximum atomic E-state index is 10.9. The van der Waals surface area contributed by atoms with E-state index in [1.54, 1.807) is 6.07 Å². The van der Waals surface area contributed by atoms with Crippen LogP contribution in [0.4, 0.5) is 5.69 Å². The third-order valence-electron chi connectivity index (χ3n) is 3.23. The lowest BCUT2D eigenvalue weighted by Gasteiger charge is -2.07. The van der Waals surface area contributed by atoms with Crippen molar-refractivity contribution < 1.29 is 4.92 Å². The highest BCUT2D eigenvalue weighted by molar-refractivity contribution is 6.34. The van der Waals surface area contributed by atoms with Gasteiger partial charge in [0.2, 0.25) is 0 Å². The molecule has 0 spiro atoms. The molecule has 0 saturated carbocycles. The van der Waals surface area contributed by atoms with Crippen LogP contribution in [0.2, 0.25) is 5.15 Å². The maximum absolute atomic E-state index is 10.9. The van der Waals surface area contributed by atoms with Gasteiger partial charge in [0.1, 0.15) is 5.15 Å². The van der Waals surface area contributed by atoms with Crippen LogP contribution >= 0.6 is 11.6 Å². The minimum atomic E-state index is -0.455. The molecule has 6 heteroatoms. The van der Waals surface area contributed by atoms with E-state index >= 15 is 0 Å². The van der Waals surface area contributed by atoms with Crippen molar-refractivity contribution in [1.29, 1.82) is 0 Å². The van der Waals surface area contributed by atoms with Crippen molar-refractivity contribution in [3.8, 4) is 11.4 Å². The molecule has 1 heterocycles. The summed E-state index contributed by atoms with van der Waals surface area (Å²) in [5, 5.41) is 11.7. The van der Waals surface area contributed by atoms with Gasteiger partial charge >= 0.3 is 0 Å². The zero-order valence-electron chi connectivity index (χ0n) is 11.1. The molecule has 0 N–H and O–H groups in total. The normalized spacial score (nSPS) is 10.8. The topological polar surface area (TPSA) is 68.9 Å². The van der Waals surface area contributed by atoms with Crippen LogP contribution in [0.3, 0.4) is 0 Å². The number of aryl methyl sites for hydroxylation is 1. The lowest BCUT2D eigenvalue weighted by Crippen LogP contribution is -1.95. The minimum absolute atomic E-state index is 0.0204. The van der Waals surface area contributed by atoms with E-state index in [1.165, 1.54) is 12.1 Å². The van der Waals surface area contributed by atoms with Crippen LogP contribution in [0.25, 0.3) is 22.3 Å². The van der Waals surface area contributed by atoms with Gasteiger partial charge in [0.05, 0.1) is 10.4 Å². The Kier molecular flexibility index (Phi) is 3.27.